The Morgan fingerprint density at radius 3 is 2.24 bits per heavy atom. The van der Waals surface area contributed by atoms with Gasteiger partial charge in [-0.2, -0.15) is 0 Å². The lowest BCUT2D eigenvalue weighted by atomic mass is 9.77. The van der Waals surface area contributed by atoms with E-state index in [-0.39, 0.29) is 23.0 Å². The maximum Gasteiger partial charge on any atom is 0.291 e. The van der Waals surface area contributed by atoms with Gasteiger partial charge in [-0.3, -0.25) is 9.59 Å². The molecule has 4 rings (SSSR count). The number of rotatable bonds is 7. The van der Waals surface area contributed by atoms with E-state index in [9.17, 15) is 9.59 Å². The van der Waals surface area contributed by atoms with E-state index >= 15 is 0 Å². The molecule has 2 heterocycles. The molecule has 0 unspecified atom stereocenters. The van der Waals surface area contributed by atoms with Crippen molar-refractivity contribution in [3.8, 4) is 28.9 Å². The summed E-state index contributed by atoms with van der Waals surface area (Å²) >= 11 is 0. The molecular weight excluding hydrogens is 476 g/mol. The molecule has 1 aliphatic heterocycles. The van der Waals surface area contributed by atoms with Gasteiger partial charge in [0.05, 0.1) is 21.3 Å². The summed E-state index contributed by atoms with van der Waals surface area (Å²) in [5.74, 6) is 1.59. The fourth-order valence-corrected chi connectivity index (χ4v) is 4.43. The molecule has 196 valence electrons. The largest absolute Gasteiger partial charge is 0.496 e. The fraction of sp³-hybridized carbons (Fsp3) is 0.357. The van der Waals surface area contributed by atoms with Gasteiger partial charge in [0, 0.05) is 37.4 Å². The average Bonchev–Trinajstić information content (AvgIpc) is 3.33. The van der Waals surface area contributed by atoms with Crippen LogP contribution in [-0.4, -0.2) is 39.7 Å². The van der Waals surface area contributed by atoms with Gasteiger partial charge in [0.15, 0.2) is 5.76 Å². The first-order chi connectivity index (χ1) is 17.6. The highest BCUT2D eigenvalue weighted by molar-refractivity contribution is 6.04. The number of nitrogens with zero attached hydrogens (tertiary/aromatic N) is 1. The summed E-state index contributed by atoms with van der Waals surface area (Å²) in [6, 6.07) is 10.3. The predicted molar refractivity (Wildman–Crippen MR) is 140 cm³/mol. The number of hydrogen-bond donors (Lipinski definition) is 1. The maximum atomic E-state index is 13.0. The van der Waals surface area contributed by atoms with Crippen molar-refractivity contribution >= 4 is 23.2 Å². The van der Waals surface area contributed by atoms with E-state index in [1.54, 1.807) is 30.0 Å². The number of amides is 2. The normalized spacial score (nSPS) is 14.0. The van der Waals surface area contributed by atoms with Gasteiger partial charge < -0.3 is 33.6 Å². The first-order valence-electron chi connectivity index (χ1n) is 11.9. The molecule has 0 saturated carbocycles. The summed E-state index contributed by atoms with van der Waals surface area (Å²) in [5, 5.41) is 2.77. The summed E-state index contributed by atoms with van der Waals surface area (Å²) in [5.41, 5.74) is 2.99. The standard InChI is InChI=1S/C28H32N2O7/c1-16-12-20-19(28(3,4)10-11-30(20)17(2)31)15-22(16)37-25-9-8-21(36-25)27(32)29-26-23(34-6)13-18(33-5)14-24(26)35-7/h8-9,12-15H,10-11H2,1-7H3,(H,29,32). The second-order valence-electron chi connectivity index (χ2n) is 9.52. The summed E-state index contributed by atoms with van der Waals surface area (Å²) < 4.78 is 27.8. The van der Waals surface area contributed by atoms with Crippen LogP contribution in [0.4, 0.5) is 11.4 Å². The second-order valence-corrected chi connectivity index (χ2v) is 9.52. The van der Waals surface area contributed by atoms with Crippen molar-refractivity contribution in [3.63, 3.8) is 0 Å². The number of anilines is 2. The number of fused-ring (bicyclic) bond motifs is 1. The number of ether oxygens (including phenoxy) is 4. The van der Waals surface area contributed by atoms with Crippen LogP contribution in [0.2, 0.25) is 0 Å². The minimum atomic E-state index is -0.503. The Balaban J connectivity index is 1.58. The second kappa shape index (κ2) is 10.1. The van der Waals surface area contributed by atoms with Crippen molar-refractivity contribution < 1.29 is 33.0 Å². The van der Waals surface area contributed by atoms with Crippen molar-refractivity contribution in [1.29, 1.82) is 0 Å². The van der Waals surface area contributed by atoms with E-state index in [0.29, 0.717) is 35.2 Å². The van der Waals surface area contributed by atoms with Gasteiger partial charge in [0.25, 0.3) is 11.9 Å². The zero-order valence-electron chi connectivity index (χ0n) is 22.2. The molecule has 2 aromatic carbocycles. The van der Waals surface area contributed by atoms with E-state index in [4.69, 9.17) is 23.4 Å². The highest BCUT2D eigenvalue weighted by Gasteiger charge is 2.34. The van der Waals surface area contributed by atoms with Crippen molar-refractivity contribution in [2.75, 3.05) is 38.1 Å². The van der Waals surface area contributed by atoms with Gasteiger partial charge in [-0.1, -0.05) is 13.8 Å². The lowest BCUT2D eigenvalue weighted by molar-refractivity contribution is -0.116. The number of furan rings is 1. The molecule has 0 bridgehead atoms. The van der Waals surface area contributed by atoms with Crippen LogP contribution in [-0.2, 0) is 10.2 Å². The molecule has 0 atom stereocenters. The molecule has 1 N–H and O–H groups in total. The minimum absolute atomic E-state index is 0.0108. The topological polar surface area (TPSA) is 99.5 Å². The first-order valence-corrected chi connectivity index (χ1v) is 11.9. The number of carbonyl (C=O) groups is 2. The highest BCUT2D eigenvalue weighted by Crippen LogP contribution is 2.44. The van der Waals surface area contributed by atoms with E-state index in [1.807, 2.05) is 19.1 Å². The molecule has 2 amide bonds. The molecule has 3 aromatic rings. The molecule has 1 aliphatic rings. The third-order valence-electron chi connectivity index (χ3n) is 6.62. The molecule has 0 radical (unpaired) electrons. The lowest BCUT2D eigenvalue weighted by Gasteiger charge is -2.39. The zero-order chi connectivity index (χ0) is 26.9. The smallest absolute Gasteiger partial charge is 0.291 e. The Morgan fingerprint density at radius 1 is 0.973 bits per heavy atom. The zero-order valence-corrected chi connectivity index (χ0v) is 22.2. The number of benzene rings is 2. The molecule has 1 aromatic heterocycles. The van der Waals surface area contributed by atoms with E-state index < -0.39 is 5.91 Å². The number of aryl methyl sites for hydroxylation is 1. The summed E-state index contributed by atoms with van der Waals surface area (Å²) in [7, 11) is 4.50. The molecular formula is C28H32N2O7. The Hall–Kier alpha value is -4.14. The molecule has 0 aliphatic carbocycles. The van der Waals surface area contributed by atoms with Gasteiger partial charge in [-0.25, -0.2) is 0 Å². The molecule has 37 heavy (non-hydrogen) atoms. The summed E-state index contributed by atoms with van der Waals surface area (Å²) in [6.45, 7) is 8.47. The monoisotopic (exact) mass is 508 g/mol. The van der Waals surface area contributed by atoms with Crippen molar-refractivity contribution in [3.05, 3.63) is 53.3 Å². The van der Waals surface area contributed by atoms with Crippen LogP contribution in [0.15, 0.2) is 40.8 Å². The van der Waals surface area contributed by atoms with Crippen LogP contribution < -0.4 is 29.2 Å². The van der Waals surface area contributed by atoms with Crippen LogP contribution in [0.5, 0.6) is 28.9 Å². The van der Waals surface area contributed by atoms with Crippen molar-refractivity contribution in [1.82, 2.24) is 0 Å². The predicted octanol–water partition coefficient (Wildman–Crippen LogP) is 5.69. The van der Waals surface area contributed by atoms with Gasteiger partial charge >= 0.3 is 0 Å². The highest BCUT2D eigenvalue weighted by atomic mass is 16.6. The number of nitrogens with one attached hydrogen (secondary N) is 1. The van der Waals surface area contributed by atoms with Crippen LogP contribution in [0.1, 0.15) is 48.9 Å². The Labute approximate surface area is 216 Å². The molecule has 9 nitrogen and oxygen atoms in total. The summed E-state index contributed by atoms with van der Waals surface area (Å²) in [4.78, 5) is 27.0. The molecule has 0 spiro atoms. The maximum absolute atomic E-state index is 13.0. The van der Waals surface area contributed by atoms with E-state index in [1.165, 1.54) is 27.4 Å². The first kappa shape index (κ1) is 25.9. The van der Waals surface area contributed by atoms with Crippen LogP contribution in [0.25, 0.3) is 0 Å². The van der Waals surface area contributed by atoms with Crippen LogP contribution in [0.3, 0.4) is 0 Å². The summed E-state index contributed by atoms with van der Waals surface area (Å²) in [6.07, 6.45) is 0.839. The minimum Gasteiger partial charge on any atom is -0.496 e. The van der Waals surface area contributed by atoms with Crippen molar-refractivity contribution in [2.45, 2.75) is 39.5 Å². The number of methoxy groups -OCH3 is 3. The number of hydrogen-bond acceptors (Lipinski definition) is 7. The third kappa shape index (κ3) is 5.07. The quantitative estimate of drug-likeness (QED) is 0.437. The lowest BCUT2D eigenvalue weighted by Crippen LogP contribution is -2.40. The van der Waals surface area contributed by atoms with Gasteiger partial charge in [0.1, 0.15) is 28.7 Å². The van der Waals surface area contributed by atoms with Gasteiger partial charge in [0.2, 0.25) is 5.91 Å². The molecule has 0 saturated heterocycles. The third-order valence-corrected chi connectivity index (χ3v) is 6.62. The van der Waals surface area contributed by atoms with Crippen LogP contribution >= 0.6 is 0 Å². The fourth-order valence-electron chi connectivity index (χ4n) is 4.43. The van der Waals surface area contributed by atoms with E-state index in [0.717, 1.165) is 23.2 Å². The van der Waals surface area contributed by atoms with E-state index in [2.05, 4.69) is 19.2 Å². The average molecular weight is 509 g/mol. The van der Waals surface area contributed by atoms with Gasteiger partial charge in [-0.15, -0.1) is 0 Å². The Bertz CT molecular complexity index is 1320. The van der Waals surface area contributed by atoms with Crippen LogP contribution in [0, 0.1) is 6.92 Å². The number of carbonyl (C=O) groups excluding carboxylic acids is 2. The Kier molecular flexibility index (Phi) is 7.07. The SMILES string of the molecule is COc1cc(OC)c(NC(=O)c2ccc(Oc3cc4c(cc3C)N(C(C)=O)CCC4(C)C)o2)c(OC)c1. The van der Waals surface area contributed by atoms with Gasteiger partial charge in [-0.05, 0) is 48.1 Å². The van der Waals surface area contributed by atoms with Crippen molar-refractivity contribution in [2.24, 2.45) is 0 Å². The molecule has 0 fully saturated rings. The molecule has 9 heteroatoms. The Morgan fingerprint density at radius 2 is 1.65 bits per heavy atom.